The Morgan fingerprint density at radius 3 is 2.54 bits per heavy atom. The first kappa shape index (κ1) is 16.1. The lowest BCUT2D eigenvalue weighted by Gasteiger charge is -2.37. The minimum atomic E-state index is -0.224. The average molecular weight is 328 g/mol. The van der Waals surface area contributed by atoms with E-state index in [2.05, 4.69) is 22.3 Å². The van der Waals surface area contributed by atoms with Crippen molar-refractivity contribution >= 4 is 5.91 Å². The van der Waals surface area contributed by atoms with Gasteiger partial charge in [0.25, 0.3) is 5.91 Å². The fourth-order valence-electron chi connectivity index (χ4n) is 4.88. The van der Waals surface area contributed by atoms with Crippen molar-refractivity contribution < 1.29 is 9.90 Å². The highest BCUT2D eigenvalue weighted by Gasteiger charge is 2.42. The van der Waals surface area contributed by atoms with Gasteiger partial charge in [-0.15, -0.1) is 0 Å². The summed E-state index contributed by atoms with van der Waals surface area (Å²) in [5.41, 5.74) is 2.12. The lowest BCUT2D eigenvalue weighted by atomic mass is 9.90. The predicted octanol–water partition coefficient (Wildman–Crippen LogP) is 2.36. The van der Waals surface area contributed by atoms with Crippen molar-refractivity contribution in [3.05, 3.63) is 35.4 Å². The van der Waals surface area contributed by atoms with Crippen LogP contribution in [-0.4, -0.2) is 47.2 Å². The lowest BCUT2D eigenvalue weighted by Crippen LogP contribution is -2.48. The van der Waals surface area contributed by atoms with E-state index in [4.69, 9.17) is 0 Å². The van der Waals surface area contributed by atoms with Crippen LogP contribution < -0.4 is 5.32 Å². The van der Waals surface area contributed by atoms with Crippen LogP contribution in [0.1, 0.15) is 54.4 Å². The molecule has 2 bridgehead atoms. The number of piperidine rings is 2. The molecule has 1 amide bonds. The summed E-state index contributed by atoms with van der Waals surface area (Å²) in [6.45, 7) is 2.23. The van der Waals surface area contributed by atoms with Gasteiger partial charge in [-0.3, -0.25) is 4.79 Å². The van der Waals surface area contributed by atoms with E-state index < -0.39 is 0 Å². The van der Waals surface area contributed by atoms with Gasteiger partial charge in [-0.25, -0.2) is 0 Å². The predicted molar refractivity (Wildman–Crippen MR) is 94.0 cm³/mol. The molecule has 0 radical (unpaired) electrons. The van der Waals surface area contributed by atoms with Gasteiger partial charge in [-0.05, 0) is 81.6 Å². The Bertz CT molecular complexity index is 583. The molecule has 3 saturated heterocycles. The maximum atomic E-state index is 13.0. The van der Waals surface area contributed by atoms with Crippen molar-refractivity contribution in [2.24, 2.45) is 5.92 Å². The SMILES string of the molecule is O=C(c1cccc(CC2CCNCC2)c1)N1[C@@H]2CC[C@H]1CC(O)C2. The summed E-state index contributed by atoms with van der Waals surface area (Å²) in [5.74, 6) is 0.902. The molecule has 2 N–H and O–H groups in total. The molecule has 3 atom stereocenters. The number of amides is 1. The smallest absolute Gasteiger partial charge is 0.254 e. The van der Waals surface area contributed by atoms with Crippen molar-refractivity contribution in [3.63, 3.8) is 0 Å². The van der Waals surface area contributed by atoms with E-state index in [1.54, 1.807) is 0 Å². The van der Waals surface area contributed by atoms with E-state index in [0.29, 0.717) is 0 Å². The molecule has 0 spiro atoms. The van der Waals surface area contributed by atoms with E-state index in [9.17, 15) is 9.90 Å². The van der Waals surface area contributed by atoms with E-state index >= 15 is 0 Å². The summed E-state index contributed by atoms with van der Waals surface area (Å²) in [6, 6.07) is 8.73. The Hall–Kier alpha value is -1.39. The number of hydrogen-bond donors (Lipinski definition) is 2. The highest BCUT2D eigenvalue weighted by atomic mass is 16.3. The van der Waals surface area contributed by atoms with Crippen LogP contribution in [0.5, 0.6) is 0 Å². The van der Waals surface area contributed by atoms with E-state index in [-0.39, 0.29) is 24.1 Å². The van der Waals surface area contributed by atoms with Crippen LogP contribution in [0, 0.1) is 5.92 Å². The summed E-state index contributed by atoms with van der Waals surface area (Å²) in [6.07, 6.45) is 6.89. The average Bonchev–Trinajstić information content (AvgIpc) is 2.87. The third-order valence-electron chi connectivity index (χ3n) is 6.10. The second-order valence-corrected chi connectivity index (χ2v) is 7.82. The van der Waals surface area contributed by atoms with E-state index in [0.717, 1.165) is 56.7 Å². The molecule has 4 heteroatoms. The largest absolute Gasteiger partial charge is 0.393 e. The fourth-order valence-corrected chi connectivity index (χ4v) is 4.88. The Kier molecular flexibility index (Phi) is 4.59. The van der Waals surface area contributed by atoms with Gasteiger partial charge in [0.1, 0.15) is 0 Å². The van der Waals surface area contributed by atoms with Crippen LogP contribution in [0.25, 0.3) is 0 Å². The van der Waals surface area contributed by atoms with Crippen molar-refractivity contribution in [3.8, 4) is 0 Å². The van der Waals surface area contributed by atoms with Crippen molar-refractivity contribution in [1.29, 1.82) is 0 Å². The number of nitrogens with zero attached hydrogens (tertiary/aromatic N) is 1. The van der Waals surface area contributed by atoms with Gasteiger partial charge < -0.3 is 15.3 Å². The van der Waals surface area contributed by atoms with E-state index in [1.165, 1.54) is 18.4 Å². The molecule has 3 fully saturated rings. The fraction of sp³-hybridized carbons (Fsp3) is 0.650. The van der Waals surface area contributed by atoms with Crippen LogP contribution in [0.4, 0.5) is 0 Å². The summed E-state index contributed by atoms with van der Waals surface area (Å²) < 4.78 is 0. The van der Waals surface area contributed by atoms with E-state index in [1.807, 2.05) is 12.1 Å². The van der Waals surface area contributed by atoms with Crippen LogP contribution >= 0.6 is 0 Å². The Morgan fingerprint density at radius 2 is 1.83 bits per heavy atom. The van der Waals surface area contributed by atoms with Gasteiger partial charge >= 0.3 is 0 Å². The number of aliphatic hydroxyl groups is 1. The summed E-state index contributed by atoms with van der Waals surface area (Å²) in [7, 11) is 0. The van der Waals surface area contributed by atoms with Crippen molar-refractivity contribution in [2.45, 2.75) is 63.1 Å². The third kappa shape index (κ3) is 3.22. The molecule has 3 heterocycles. The minimum absolute atomic E-state index is 0.168. The molecule has 4 rings (SSSR count). The quantitative estimate of drug-likeness (QED) is 0.895. The maximum Gasteiger partial charge on any atom is 0.254 e. The van der Waals surface area contributed by atoms with Gasteiger partial charge in [0, 0.05) is 17.6 Å². The first-order chi connectivity index (χ1) is 11.7. The molecule has 0 aromatic heterocycles. The molecule has 4 nitrogen and oxygen atoms in total. The lowest BCUT2D eigenvalue weighted by molar-refractivity contribution is 0.0287. The molecule has 3 aliphatic rings. The van der Waals surface area contributed by atoms with Crippen LogP contribution in [0.3, 0.4) is 0 Å². The molecule has 0 saturated carbocycles. The number of carbonyl (C=O) groups excluding carboxylic acids is 1. The number of fused-ring (bicyclic) bond motifs is 2. The second-order valence-electron chi connectivity index (χ2n) is 7.82. The second kappa shape index (κ2) is 6.85. The molecule has 130 valence electrons. The number of aliphatic hydroxyl groups excluding tert-OH is 1. The minimum Gasteiger partial charge on any atom is -0.393 e. The van der Waals surface area contributed by atoms with Crippen LogP contribution in [0.2, 0.25) is 0 Å². The molecule has 1 aromatic carbocycles. The molecule has 0 aliphatic carbocycles. The zero-order valence-corrected chi connectivity index (χ0v) is 14.3. The third-order valence-corrected chi connectivity index (χ3v) is 6.10. The number of benzene rings is 1. The zero-order chi connectivity index (χ0) is 16.5. The normalized spacial score (nSPS) is 30.5. The standard InChI is InChI=1S/C20H28N2O2/c23-19-12-17-4-5-18(13-19)22(17)20(24)16-3-1-2-15(11-16)10-14-6-8-21-9-7-14/h1-3,11,14,17-19,21,23H,4-10,12-13H2/t17-,18+,19?. The molecule has 1 unspecified atom stereocenters. The summed E-state index contributed by atoms with van der Waals surface area (Å²) >= 11 is 0. The Balaban J connectivity index is 1.48. The molecule has 24 heavy (non-hydrogen) atoms. The molecule has 1 aromatic rings. The van der Waals surface area contributed by atoms with Gasteiger partial charge in [-0.1, -0.05) is 12.1 Å². The molecular formula is C20H28N2O2. The number of carbonyl (C=O) groups is 1. The van der Waals surface area contributed by atoms with Gasteiger partial charge in [0.15, 0.2) is 0 Å². The van der Waals surface area contributed by atoms with Crippen molar-refractivity contribution in [2.75, 3.05) is 13.1 Å². The Morgan fingerprint density at radius 1 is 1.12 bits per heavy atom. The van der Waals surface area contributed by atoms with Crippen LogP contribution in [-0.2, 0) is 6.42 Å². The molecular weight excluding hydrogens is 300 g/mol. The topological polar surface area (TPSA) is 52.6 Å². The highest BCUT2D eigenvalue weighted by molar-refractivity contribution is 5.95. The van der Waals surface area contributed by atoms with Gasteiger partial charge in [-0.2, -0.15) is 0 Å². The summed E-state index contributed by atoms with van der Waals surface area (Å²) in [5, 5.41) is 13.4. The first-order valence-electron chi connectivity index (χ1n) is 9.51. The number of nitrogens with one attached hydrogen (secondary N) is 1. The monoisotopic (exact) mass is 328 g/mol. The Labute approximate surface area is 144 Å². The highest BCUT2D eigenvalue weighted by Crippen LogP contribution is 2.36. The number of hydrogen-bond acceptors (Lipinski definition) is 3. The maximum absolute atomic E-state index is 13.0. The van der Waals surface area contributed by atoms with Crippen LogP contribution in [0.15, 0.2) is 24.3 Å². The molecule has 3 aliphatic heterocycles. The van der Waals surface area contributed by atoms with Crippen molar-refractivity contribution in [1.82, 2.24) is 10.2 Å². The van der Waals surface area contributed by atoms with Gasteiger partial charge in [0.05, 0.1) is 6.10 Å². The zero-order valence-electron chi connectivity index (χ0n) is 14.3. The summed E-state index contributed by atoms with van der Waals surface area (Å²) in [4.78, 5) is 15.1. The van der Waals surface area contributed by atoms with Gasteiger partial charge in [0.2, 0.25) is 0 Å². The number of rotatable bonds is 3. The first-order valence-corrected chi connectivity index (χ1v) is 9.51.